The first-order valence-corrected chi connectivity index (χ1v) is 11.9. The van der Waals surface area contributed by atoms with E-state index in [-0.39, 0.29) is 23.3 Å². The minimum absolute atomic E-state index is 0.00730. The van der Waals surface area contributed by atoms with E-state index in [1.807, 2.05) is 17.0 Å². The maximum atomic E-state index is 14.4. The Hall–Kier alpha value is -1.92. The van der Waals surface area contributed by atoms with Crippen LogP contribution in [0.15, 0.2) is 42.5 Å². The highest BCUT2D eigenvalue weighted by atomic mass is 32.2. The number of carbonyl (C=O) groups is 1. The quantitative estimate of drug-likeness (QED) is 0.692. The fourth-order valence-corrected chi connectivity index (χ4v) is 6.19. The lowest BCUT2D eigenvalue weighted by atomic mass is 9.95. The van der Waals surface area contributed by atoms with E-state index < -0.39 is 11.6 Å². The first-order valence-electron chi connectivity index (χ1n) is 10.7. The van der Waals surface area contributed by atoms with Crippen molar-refractivity contribution in [1.82, 2.24) is 9.62 Å². The zero-order valence-corrected chi connectivity index (χ0v) is 17.8. The van der Waals surface area contributed by atoms with Crippen LogP contribution >= 0.6 is 11.9 Å². The van der Waals surface area contributed by atoms with Crippen molar-refractivity contribution in [2.45, 2.75) is 31.2 Å². The van der Waals surface area contributed by atoms with Gasteiger partial charge in [-0.05, 0) is 66.5 Å². The van der Waals surface area contributed by atoms with Gasteiger partial charge in [0.25, 0.3) is 0 Å². The summed E-state index contributed by atoms with van der Waals surface area (Å²) >= 11 is 1.66. The van der Waals surface area contributed by atoms with E-state index in [1.54, 1.807) is 24.1 Å². The Morgan fingerprint density at radius 3 is 2.60 bits per heavy atom. The summed E-state index contributed by atoms with van der Waals surface area (Å²) in [7, 11) is 0. The first kappa shape index (κ1) is 20.0. The predicted octanol–water partition coefficient (Wildman–Crippen LogP) is 4.84. The highest BCUT2D eigenvalue weighted by molar-refractivity contribution is 7.96. The molecule has 5 rings (SSSR count). The smallest absolute Gasteiger partial charge is 0.226 e. The summed E-state index contributed by atoms with van der Waals surface area (Å²) in [5, 5.41) is 0. The zero-order valence-electron chi connectivity index (χ0n) is 17.0. The van der Waals surface area contributed by atoms with Gasteiger partial charge in [-0.3, -0.25) is 9.52 Å². The van der Waals surface area contributed by atoms with Crippen LogP contribution in [0.4, 0.5) is 8.78 Å². The number of hydrogen-bond acceptors (Lipinski definition) is 3. The normalized spacial score (nSPS) is 29.8. The third kappa shape index (κ3) is 3.44. The molecule has 0 radical (unpaired) electrons. The summed E-state index contributed by atoms with van der Waals surface area (Å²) in [6, 6.07) is 11.8. The molecule has 3 aliphatic rings. The number of likely N-dealkylation sites (tertiary alicyclic amines) is 1. The topological polar surface area (TPSA) is 32.3 Å². The molecule has 3 fully saturated rings. The van der Waals surface area contributed by atoms with E-state index in [0.29, 0.717) is 23.4 Å². The van der Waals surface area contributed by atoms with Crippen LogP contribution in [0.3, 0.4) is 0 Å². The van der Waals surface area contributed by atoms with Crippen molar-refractivity contribution in [2.24, 2.45) is 17.8 Å². The zero-order chi connectivity index (χ0) is 20.8. The third-order valence-electron chi connectivity index (χ3n) is 7.14. The third-order valence-corrected chi connectivity index (χ3v) is 7.68. The molecule has 30 heavy (non-hydrogen) atoms. The molecule has 0 bridgehead atoms. The Kier molecular flexibility index (Phi) is 5.31. The van der Waals surface area contributed by atoms with E-state index in [1.165, 1.54) is 31.0 Å². The number of nitrogens with one attached hydrogen (secondary N) is 1. The summed E-state index contributed by atoms with van der Waals surface area (Å²) in [6.07, 6.45) is 5.17. The van der Waals surface area contributed by atoms with Crippen LogP contribution in [0.5, 0.6) is 0 Å². The molecule has 1 amide bonds. The van der Waals surface area contributed by atoms with E-state index in [2.05, 4.69) is 11.0 Å². The second kappa shape index (κ2) is 7.97. The predicted molar refractivity (Wildman–Crippen MR) is 116 cm³/mol. The minimum Gasteiger partial charge on any atom is -0.342 e. The number of benzene rings is 2. The Labute approximate surface area is 180 Å². The van der Waals surface area contributed by atoms with Crippen LogP contribution in [0.1, 0.15) is 30.7 Å². The molecule has 0 aromatic heterocycles. The molecule has 3 nitrogen and oxygen atoms in total. The number of rotatable bonds is 5. The molecule has 2 aromatic rings. The van der Waals surface area contributed by atoms with Crippen molar-refractivity contribution in [3.8, 4) is 11.1 Å². The van der Waals surface area contributed by atoms with Gasteiger partial charge in [-0.15, -0.1) is 0 Å². The van der Waals surface area contributed by atoms with Crippen molar-refractivity contribution >= 4 is 17.9 Å². The number of carbonyl (C=O) groups excluding carboxylic acids is 1. The molecule has 1 heterocycles. The van der Waals surface area contributed by atoms with Gasteiger partial charge in [0, 0.05) is 25.0 Å². The molecule has 1 aliphatic heterocycles. The lowest BCUT2D eigenvalue weighted by molar-refractivity contribution is -0.131. The van der Waals surface area contributed by atoms with Crippen LogP contribution in [0.25, 0.3) is 11.1 Å². The van der Waals surface area contributed by atoms with Crippen LogP contribution in [0, 0.1) is 29.4 Å². The minimum atomic E-state index is -0.564. The molecule has 2 aromatic carbocycles. The second-order valence-corrected chi connectivity index (χ2v) is 9.45. The number of fused-ring (bicyclic) bond motifs is 1. The molecular weight excluding hydrogens is 402 g/mol. The van der Waals surface area contributed by atoms with E-state index >= 15 is 0 Å². The molecule has 158 valence electrons. The Morgan fingerprint density at radius 2 is 1.83 bits per heavy atom. The molecule has 1 saturated heterocycles. The van der Waals surface area contributed by atoms with Gasteiger partial charge in [0.1, 0.15) is 11.6 Å². The molecule has 1 N–H and O–H groups in total. The maximum absolute atomic E-state index is 14.4. The summed E-state index contributed by atoms with van der Waals surface area (Å²) in [5.41, 5.74) is 1.45. The van der Waals surface area contributed by atoms with Crippen LogP contribution in [0.2, 0.25) is 0 Å². The summed E-state index contributed by atoms with van der Waals surface area (Å²) in [6.45, 7) is 1.68. The molecule has 6 heteroatoms. The van der Waals surface area contributed by atoms with Gasteiger partial charge in [-0.25, -0.2) is 8.78 Å². The van der Waals surface area contributed by atoms with Gasteiger partial charge in [0.2, 0.25) is 5.91 Å². The monoisotopic (exact) mass is 428 g/mol. The van der Waals surface area contributed by atoms with Crippen LogP contribution in [-0.2, 0) is 4.79 Å². The molecular formula is C24H26F2N2OS. The van der Waals surface area contributed by atoms with Crippen molar-refractivity contribution in [2.75, 3.05) is 19.3 Å². The van der Waals surface area contributed by atoms with Crippen molar-refractivity contribution in [1.29, 1.82) is 0 Å². The second-order valence-electron chi connectivity index (χ2n) is 8.81. The first-order chi connectivity index (χ1) is 14.6. The van der Waals surface area contributed by atoms with Crippen molar-refractivity contribution in [3.63, 3.8) is 0 Å². The van der Waals surface area contributed by atoms with Crippen molar-refractivity contribution in [3.05, 3.63) is 59.7 Å². The number of halogens is 2. The van der Waals surface area contributed by atoms with Gasteiger partial charge < -0.3 is 4.90 Å². The van der Waals surface area contributed by atoms with Gasteiger partial charge in [0.05, 0.1) is 5.56 Å². The molecule has 2 saturated carbocycles. The van der Waals surface area contributed by atoms with E-state index in [4.69, 9.17) is 0 Å². The van der Waals surface area contributed by atoms with Crippen molar-refractivity contribution < 1.29 is 13.6 Å². The Morgan fingerprint density at radius 1 is 1.07 bits per heavy atom. The molecule has 2 aliphatic carbocycles. The number of amides is 1. The highest BCUT2D eigenvalue weighted by Gasteiger charge is 2.51. The maximum Gasteiger partial charge on any atom is 0.226 e. The van der Waals surface area contributed by atoms with Gasteiger partial charge >= 0.3 is 0 Å². The average Bonchev–Trinajstić information content (AvgIpc) is 3.28. The standard InChI is InChI=1S/C24H26F2N2OS/c1-30-27-22-10-9-14-12-28(13-19(14)22)24(29)18-11-17(18)15-5-2-3-6-16(15)23-20(25)7-4-8-21(23)26/h2-8,14,17-19,22,27H,9-13H2,1H3. The van der Waals surface area contributed by atoms with Gasteiger partial charge in [-0.1, -0.05) is 42.3 Å². The molecule has 0 spiro atoms. The fraction of sp³-hybridized carbons (Fsp3) is 0.458. The molecule has 5 atom stereocenters. The number of nitrogens with zero attached hydrogens (tertiary/aromatic N) is 1. The summed E-state index contributed by atoms with van der Waals surface area (Å²) in [5.74, 6) is 0.173. The Balaban J connectivity index is 1.33. The van der Waals surface area contributed by atoms with Crippen LogP contribution in [-0.4, -0.2) is 36.2 Å². The van der Waals surface area contributed by atoms with Crippen LogP contribution < -0.4 is 4.72 Å². The molecule has 5 unspecified atom stereocenters. The SMILES string of the molecule is CSNC1CCC2CN(C(=O)C3CC3c3ccccc3-c3c(F)cccc3F)CC21. The average molecular weight is 429 g/mol. The van der Waals surface area contributed by atoms with Gasteiger partial charge in [-0.2, -0.15) is 0 Å². The highest BCUT2D eigenvalue weighted by Crippen LogP contribution is 2.52. The van der Waals surface area contributed by atoms with Gasteiger partial charge in [0.15, 0.2) is 0 Å². The fourth-order valence-electron chi connectivity index (χ4n) is 5.59. The lowest BCUT2D eigenvalue weighted by Gasteiger charge is -2.21. The summed E-state index contributed by atoms with van der Waals surface area (Å²) < 4.78 is 32.3. The van der Waals surface area contributed by atoms with E-state index in [9.17, 15) is 13.6 Å². The summed E-state index contributed by atoms with van der Waals surface area (Å²) in [4.78, 5) is 15.3. The largest absolute Gasteiger partial charge is 0.342 e. The lowest BCUT2D eigenvalue weighted by Crippen LogP contribution is -2.35. The number of hydrogen-bond donors (Lipinski definition) is 1. The van der Waals surface area contributed by atoms with E-state index in [0.717, 1.165) is 25.1 Å². The Bertz CT molecular complexity index is 946.